The number of morpholine rings is 1. The van der Waals surface area contributed by atoms with Crippen LogP contribution in [-0.2, 0) is 4.74 Å². The minimum atomic E-state index is 0.411. The second-order valence-corrected chi connectivity index (χ2v) is 5.79. The van der Waals surface area contributed by atoms with Crippen LogP contribution in [0.5, 0.6) is 0 Å². The molecule has 1 fully saturated rings. The van der Waals surface area contributed by atoms with E-state index in [4.69, 9.17) is 4.74 Å². The highest BCUT2D eigenvalue weighted by molar-refractivity contribution is 4.71. The number of rotatable bonds is 5. The van der Waals surface area contributed by atoms with Crippen LogP contribution in [0.15, 0.2) is 0 Å². The third kappa shape index (κ3) is 14.3. The molecule has 1 aliphatic heterocycles. The van der Waals surface area contributed by atoms with E-state index in [0.717, 1.165) is 38.7 Å². The molecule has 0 saturated carbocycles. The molecule has 0 amide bonds. The van der Waals surface area contributed by atoms with Crippen LogP contribution in [0, 0.1) is 5.92 Å². The molecule has 0 aliphatic carbocycles. The van der Waals surface area contributed by atoms with E-state index in [-0.39, 0.29) is 0 Å². The van der Waals surface area contributed by atoms with Gasteiger partial charge in [0.05, 0.1) is 12.7 Å². The molecule has 1 saturated heterocycles. The smallest absolute Gasteiger partial charge is 0.0829 e. The van der Waals surface area contributed by atoms with Crippen LogP contribution in [0.3, 0.4) is 0 Å². The van der Waals surface area contributed by atoms with Crippen molar-refractivity contribution in [1.29, 1.82) is 0 Å². The molecule has 20 heavy (non-hydrogen) atoms. The lowest BCUT2D eigenvalue weighted by molar-refractivity contribution is -0.0319. The molecule has 1 rings (SSSR count). The Morgan fingerprint density at radius 3 is 2.20 bits per heavy atom. The number of hydrogen-bond donors (Lipinski definition) is 0. The Kier molecular flexibility index (Phi) is 16.9. The summed E-state index contributed by atoms with van der Waals surface area (Å²) in [5.41, 5.74) is 0. The molecule has 0 radical (unpaired) electrons. The van der Waals surface area contributed by atoms with E-state index in [1.54, 1.807) is 0 Å². The van der Waals surface area contributed by atoms with Crippen LogP contribution in [0.25, 0.3) is 0 Å². The van der Waals surface area contributed by atoms with Gasteiger partial charge in [0.2, 0.25) is 0 Å². The summed E-state index contributed by atoms with van der Waals surface area (Å²) in [6, 6.07) is 0. The molecule has 3 heteroatoms. The second kappa shape index (κ2) is 15.3. The van der Waals surface area contributed by atoms with Gasteiger partial charge in [-0.05, 0) is 26.6 Å². The summed E-state index contributed by atoms with van der Waals surface area (Å²) >= 11 is 0. The highest BCUT2D eigenvalue weighted by atomic mass is 16.5. The summed E-state index contributed by atoms with van der Waals surface area (Å²) in [5, 5.41) is 0. The van der Waals surface area contributed by atoms with E-state index in [0.29, 0.717) is 6.10 Å². The number of likely N-dealkylation sites (N-methyl/N-ethyl adjacent to an activating group) is 2. The molecule has 1 unspecified atom stereocenters. The standard InChI is InChI=1S/C9H20N2O.C6H14.C2H6/c1-4-10(2)7-9-8-11(3)5-6-12-9;1-4-5-6(2)3;1-2/h9H,4-8H2,1-3H3;6H,4-5H2,1-3H3;1-2H3. The van der Waals surface area contributed by atoms with Crippen molar-refractivity contribution < 1.29 is 4.74 Å². The van der Waals surface area contributed by atoms with Crippen molar-refractivity contribution in [3.8, 4) is 0 Å². The quantitative estimate of drug-likeness (QED) is 0.766. The Bertz CT molecular complexity index is 186. The fourth-order valence-corrected chi connectivity index (χ4v) is 2.03. The summed E-state index contributed by atoms with van der Waals surface area (Å²) in [6.45, 7) is 18.1. The highest BCUT2D eigenvalue weighted by Crippen LogP contribution is 2.03. The maximum absolute atomic E-state index is 5.64. The second-order valence-electron chi connectivity index (χ2n) is 5.79. The van der Waals surface area contributed by atoms with E-state index in [1.165, 1.54) is 12.8 Å². The largest absolute Gasteiger partial charge is 0.374 e. The van der Waals surface area contributed by atoms with Crippen LogP contribution in [0.1, 0.15) is 54.4 Å². The Morgan fingerprint density at radius 1 is 1.25 bits per heavy atom. The van der Waals surface area contributed by atoms with Gasteiger partial charge in [-0.2, -0.15) is 0 Å². The van der Waals surface area contributed by atoms with Crippen molar-refractivity contribution in [2.75, 3.05) is 46.9 Å². The minimum Gasteiger partial charge on any atom is -0.374 e. The van der Waals surface area contributed by atoms with E-state index in [9.17, 15) is 0 Å². The van der Waals surface area contributed by atoms with Gasteiger partial charge in [0.15, 0.2) is 0 Å². The predicted octanol–water partition coefficient (Wildman–Crippen LogP) is 3.74. The molecule has 1 atom stereocenters. The minimum absolute atomic E-state index is 0.411. The third-order valence-corrected chi connectivity index (χ3v) is 3.26. The monoisotopic (exact) mass is 288 g/mol. The first-order valence-electron chi connectivity index (χ1n) is 8.48. The Morgan fingerprint density at radius 2 is 1.85 bits per heavy atom. The third-order valence-electron chi connectivity index (χ3n) is 3.26. The molecule has 0 aromatic heterocycles. The molecule has 0 N–H and O–H groups in total. The fourth-order valence-electron chi connectivity index (χ4n) is 2.03. The molecular weight excluding hydrogens is 248 g/mol. The van der Waals surface area contributed by atoms with Crippen molar-refractivity contribution in [1.82, 2.24) is 9.80 Å². The van der Waals surface area contributed by atoms with Crippen LogP contribution in [-0.4, -0.2) is 62.8 Å². The maximum atomic E-state index is 5.64. The zero-order chi connectivity index (χ0) is 16.0. The molecule has 0 spiro atoms. The number of nitrogens with zero attached hydrogens (tertiary/aromatic N) is 2. The molecule has 3 nitrogen and oxygen atoms in total. The first-order chi connectivity index (χ1) is 9.49. The molecule has 0 aromatic rings. The van der Waals surface area contributed by atoms with Crippen molar-refractivity contribution in [2.45, 2.75) is 60.5 Å². The van der Waals surface area contributed by atoms with Gasteiger partial charge in [-0.15, -0.1) is 0 Å². The van der Waals surface area contributed by atoms with Gasteiger partial charge in [-0.3, -0.25) is 0 Å². The van der Waals surface area contributed by atoms with E-state index >= 15 is 0 Å². The normalized spacial score (nSPS) is 19.2. The molecule has 0 aromatic carbocycles. The fraction of sp³-hybridized carbons (Fsp3) is 1.00. The SMILES string of the molecule is CC.CCCC(C)C.CCN(C)CC1CN(C)CCO1. The van der Waals surface area contributed by atoms with Gasteiger partial charge >= 0.3 is 0 Å². The van der Waals surface area contributed by atoms with Crippen molar-refractivity contribution in [3.63, 3.8) is 0 Å². The highest BCUT2D eigenvalue weighted by Gasteiger charge is 2.18. The number of hydrogen-bond acceptors (Lipinski definition) is 3. The van der Waals surface area contributed by atoms with Crippen LogP contribution in [0.4, 0.5) is 0 Å². The topological polar surface area (TPSA) is 15.7 Å². The van der Waals surface area contributed by atoms with Gasteiger partial charge in [-0.25, -0.2) is 0 Å². The summed E-state index contributed by atoms with van der Waals surface area (Å²) in [4.78, 5) is 4.63. The average Bonchev–Trinajstić information content (AvgIpc) is 2.41. The van der Waals surface area contributed by atoms with Crippen LogP contribution >= 0.6 is 0 Å². The zero-order valence-corrected chi connectivity index (χ0v) is 15.4. The lowest BCUT2D eigenvalue weighted by Gasteiger charge is -2.32. The van der Waals surface area contributed by atoms with Crippen LogP contribution in [0.2, 0.25) is 0 Å². The van der Waals surface area contributed by atoms with Gasteiger partial charge in [0.1, 0.15) is 0 Å². The van der Waals surface area contributed by atoms with E-state index in [1.807, 2.05) is 13.8 Å². The predicted molar refractivity (Wildman–Crippen MR) is 91.5 cm³/mol. The molecular formula is C17H40N2O. The zero-order valence-electron chi connectivity index (χ0n) is 15.4. The van der Waals surface area contributed by atoms with Gasteiger partial charge in [-0.1, -0.05) is 54.4 Å². The average molecular weight is 289 g/mol. The molecule has 0 bridgehead atoms. The summed E-state index contributed by atoms with van der Waals surface area (Å²) in [6.07, 6.45) is 3.12. The van der Waals surface area contributed by atoms with Gasteiger partial charge in [0.25, 0.3) is 0 Å². The molecule has 1 aliphatic rings. The molecule has 1 heterocycles. The van der Waals surface area contributed by atoms with Crippen molar-refractivity contribution >= 4 is 0 Å². The van der Waals surface area contributed by atoms with Crippen molar-refractivity contribution in [3.05, 3.63) is 0 Å². The Labute approximate surface area is 128 Å². The maximum Gasteiger partial charge on any atom is 0.0829 e. The summed E-state index contributed by atoms with van der Waals surface area (Å²) < 4.78 is 5.64. The summed E-state index contributed by atoms with van der Waals surface area (Å²) in [7, 11) is 4.29. The number of ether oxygens (including phenoxy) is 1. The van der Waals surface area contributed by atoms with Crippen molar-refractivity contribution in [2.24, 2.45) is 5.92 Å². The lowest BCUT2D eigenvalue weighted by Crippen LogP contribution is -2.45. The first-order valence-corrected chi connectivity index (χ1v) is 8.48. The van der Waals surface area contributed by atoms with Gasteiger partial charge < -0.3 is 14.5 Å². The molecule has 124 valence electrons. The first kappa shape index (κ1) is 22.2. The summed E-state index contributed by atoms with van der Waals surface area (Å²) in [5.74, 6) is 0.898. The Balaban J connectivity index is 0. The van der Waals surface area contributed by atoms with Crippen LogP contribution < -0.4 is 0 Å². The lowest BCUT2D eigenvalue weighted by atomic mass is 10.1. The van der Waals surface area contributed by atoms with E-state index < -0.39 is 0 Å². The van der Waals surface area contributed by atoms with Gasteiger partial charge in [0, 0.05) is 19.6 Å². The van der Waals surface area contributed by atoms with E-state index in [2.05, 4.69) is 51.6 Å². The Hall–Kier alpha value is -0.120.